The van der Waals surface area contributed by atoms with Crippen LogP contribution in [0, 0.1) is 5.92 Å². The van der Waals surface area contributed by atoms with Gasteiger partial charge in [0.25, 0.3) is 0 Å². The molecular weight excluding hydrogens is 673 g/mol. The van der Waals surface area contributed by atoms with Gasteiger partial charge in [0, 0.05) is 33.4 Å². The number of benzene rings is 6. The standard InChI is InChI=1S/C49H38N6/c1-4-12-34(13-5-1)39-18-10-19-40(30-39)47-52-43(35-14-6-2-7-15-35)50-45(54-47)37-22-24-38(25-23-37)46-51-44(36-16-8-3-9-17-36)53-48(55-46)41-20-11-21-42(31-41)49-28-26-33(32-49)27-29-49/h1-25,30-31,33H,26-29,32H2. The molecule has 0 amide bonds. The maximum absolute atomic E-state index is 5.11. The van der Waals surface area contributed by atoms with Gasteiger partial charge in [0.05, 0.1) is 0 Å². The van der Waals surface area contributed by atoms with Gasteiger partial charge in [0.15, 0.2) is 34.9 Å². The average Bonchev–Trinajstić information content (AvgIpc) is 3.91. The molecule has 264 valence electrons. The molecule has 0 aliphatic heterocycles. The van der Waals surface area contributed by atoms with E-state index in [-0.39, 0.29) is 0 Å². The first-order valence-electron chi connectivity index (χ1n) is 19.2. The largest absolute Gasteiger partial charge is 0.208 e. The van der Waals surface area contributed by atoms with E-state index in [9.17, 15) is 0 Å². The zero-order valence-electron chi connectivity index (χ0n) is 30.4. The van der Waals surface area contributed by atoms with Crippen molar-refractivity contribution in [3.63, 3.8) is 0 Å². The minimum absolute atomic E-state index is 0.300. The van der Waals surface area contributed by atoms with Crippen molar-refractivity contribution in [2.75, 3.05) is 0 Å². The highest BCUT2D eigenvalue weighted by molar-refractivity contribution is 5.74. The fourth-order valence-corrected chi connectivity index (χ4v) is 8.52. The molecule has 2 aliphatic rings. The number of hydrogen-bond donors (Lipinski definition) is 0. The lowest BCUT2D eigenvalue weighted by molar-refractivity contribution is 0.419. The molecule has 0 N–H and O–H groups in total. The Labute approximate surface area is 321 Å². The summed E-state index contributed by atoms with van der Waals surface area (Å²) in [7, 11) is 0. The Kier molecular flexibility index (Phi) is 8.36. The third kappa shape index (κ3) is 6.50. The molecule has 0 saturated heterocycles. The van der Waals surface area contributed by atoms with Crippen LogP contribution in [0.1, 0.15) is 37.7 Å². The highest BCUT2D eigenvalue weighted by Crippen LogP contribution is 2.55. The maximum Gasteiger partial charge on any atom is 0.164 e. The molecule has 10 rings (SSSR count). The van der Waals surface area contributed by atoms with Gasteiger partial charge in [-0.25, -0.2) is 29.9 Å². The number of nitrogens with zero attached hydrogens (tertiary/aromatic N) is 6. The van der Waals surface area contributed by atoms with E-state index in [0.717, 1.165) is 50.4 Å². The second kappa shape index (κ2) is 14.0. The molecule has 55 heavy (non-hydrogen) atoms. The number of hydrogen-bond acceptors (Lipinski definition) is 6. The third-order valence-electron chi connectivity index (χ3n) is 11.4. The summed E-state index contributed by atoms with van der Waals surface area (Å²) < 4.78 is 0. The van der Waals surface area contributed by atoms with Crippen molar-refractivity contribution in [3.8, 4) is 79.5 Å². The Morgan fingerprint density at radius 2 is 0.691 bits per heavy atom. The Balaban J connectivity index is 1.04. The van der Waals surface area contributed by atoms with Crippen molar-refractivity contribution in [2.24, 2.45) is 5.92 Å². The summed E-state index contributed by atoms with van der Waals surface area (Å²) in [6, 6.07) is 56.1. The quantitative estimate of drug-likeness (QED) is 0.156. The highest BCUT2D eigenvalue weighted by atomic mass is 15.0. The predicted octanol–water partition coefficient (Wildman–Crippen LogP) is 11.6. The lowest BCUT2D eigenvalue weighted by atomic mass is 9.77. The molecular formula is C49H38N6. The smallest absolute Gasteiger partial charge is 0.164 e. The Morgan fingerprint density at radius 3 is 1.15 bits per heavy atom. The molecule has 0 unspecified atom stereocenters. The van der Waals surface area contributed by atoms with Crippen LogP contribution in [0.15, 0.2) is 164 Å². The summed E-state index contributed by atoms with van der Waals surface area (Å²) in [4.78, 5) is 30.2. The van der Waals surface area contributed by atoms with Gasteiger partial charge >= 0.3 is 0 Å². The van der Waals surface area contributed by atoms with E-state index in [0.29, 0.717) is 40.4 Å². The van der Waals surface area contributed by atoms with Crippen LogP contribution >= 0.6 is 0 Å². The third-order valence-corrected chi connectivity index (χ3v) is 11.4. The zero-order valence-corrected chi connectivity index (χ0v) is 30.4. The first-order chi connectivity index (χ1) is 27.2. The van der Waals surface area contributed by atoms with E-state index < -0.39 is 0 Å². The van der Waals surface area contributed by atoms with Gasteiger partial charge in [-0.3, -0.25) is 0 Å². The van der Waals surface area contributed by atoms with E-state index in [1.165, 1.54) is 37.7 Å². The van der Waals surface area contributed by atoms with Gasteiger partial charge in [-0.2, -0.15) is 0 Å². The molecule has 0 radical (unpaired) electrons. The van der Waals surface area contributed by atoms with Crippen LogP contribution in [0.5, 0.6) is 0 Å². The van der Waals surface area contributed by atoms with Crippen LogP contribution in [0.2, 0.25) is 0 Å². The summed E-state index contributed by atoms with van der Waals surface area (Å²) in [5, 5.41) is 0. The fraction of sp³-hybridized carbons (Fsp3) is 0.143. The highest BCUT2D eigenvalue weighted by Gasteiger charge is 2.45. The topological polar surface area (TPSA) is 77.3 Å². The monoisotopic (exact) mass is 710 g/mol. The van der Waals surface area contributed by atoms with Crippen LogP contribution in [0.4, 0.5) is 0 Å². The number of aromatic nitrogens is 6. The Morgan fingerprint density at radius 1 is 0.327 bits per heavy atom. The van der Waals surface area contributed by atoms with Crippen molar-refractivity contribution in [2.45, 2.75) is 37.5 Å². The number of fused-ring (bicyclic) bond motifs is 2. The first-order valence-corrected chi connectivity index (χ1v) is 19.2. The van der Waals surface area contributed by atoms with Gasteiger partial charge in [0.2, 0.25) is 0 Å². The van der Waals surface area contributed by atoms with Gasteiger partial charge in [0.1, 0.15) is 0 Å². The van der Waals surface area contributed by atoms with Crippen molar-refractivity contribution in [1.82, 2.24) is 29.9 Å². The second-order valence-electron chi connectivity index (χ2n) is 14.9. The van der Waals surface area contributed by atoms with Gasteiger partial charge < -0.3 is 0 Å². The van der Waals surface area contributed by atoms with Crippen LogP contribution in [0.25, 0.3) is 79.5 Å². The van der Waals surface area contributed by atoms with Gasteiger partial charge in [-0.1, -0.05) is 152 Å². The fourth-order valence-electron chi connectivity index (χ4n) is 8.52. The van der Waals surface area contributed by atoms with E-state index >= 15 is 0 Å². The maximum atomic E-state index is 5.11. The van der Waals surface area contributed by atoms with E-state index in [4.69, 9.17) is 29.9 Å². The molecule has 0 atom stereocenters. The summed E-state index contributed by atoms with van der Waals surface area (Å²) >= 11 is 0. The normalized spacial score (nSPS) is 17.3. The van der Waals surface area contributed by atoms with Crippen molar-refractivity contribution in [1.29, 1.82) is 0 Å². The first kappa shape index (κ1) is 32.9. The molecule has 2 saturated carbocycles. The van der Waals surface area contributed by atoms with Crippen LogP contribution in [-0.2, 0) is 5.41 Å². The molecule has 2 bridgehead atoms. The minimum Gasteiger partial charge on any atom is -0.208 e. The van der Waals surface area contributed by atoms with Crippen molar-refractivity contribution >= 4 is 0 Å². The molecule has 2 aliphatic carbocycles. The average molecular weight is 711 g/mol. The van der Waals surface area contributed by atoms with Gasteiger partial charge in [-0.05, 0) is 72.3 Å². The molecule has 0 spiro atoms. The second-order valence-corrected chi connectivity index (χ2v) is 14.9. The van der Waals surface area contributed by atoms with E-state index in [1.807, 2.05) is 66.7 Å². The van der Waals surface area contributed by atoms with E-state index in [2.05, 4.69) is 97.1 Å². The summed E-state index contributed by atoms with van der Waals surface area (Å²) in [6.45, 7) is 0. The van der Waals surface area contributed by atoms with Crippen molar-refractivity contribution < 1.29 is 0 Å². The molecule has 2 heterocycles. The lowest BCUT2D eigenvalue weighted by Crippen LogP contribution is -2.19. The van der Waals surface area contributed by atoms with Crippen LogP contribution < -0.4 is 0 Å². The van der Waals surface area contributed by atoms with Crippen molar-refractivity contribution in [3.05, 3.63) is 169 Å². The summed E-state index contributed by atoms with van der Waals surface area (Å²) in [6.07, 6.45) is 6.54. The molecule has 2 aromatic heterocycles. The Bertz CT molecular complexity index is 2620. The molecule has 6 nitrogen and oxygen atoms in total. The zero-order chi connectivity index (χ0) is 36.6. The minimum atomic E-state index is 0.300. The Hall–Kier alpha value is -6.66. The molecule has 6 heteroatoms. The lowest BCUT2D eigenvalue weighted by Gasteiger charge is -2.27. The van der Waals surface area contributed by atoms with Crippen LogP contribution in [0.3, 0.4) is 0 Å². The van der Waals surface area contributed by atoms with Gasteiger partial charge in [-0.15, -0.1) is 0 Å². The predicted molar refractivity (Wildman–Crippen MR) is 220 cm³/mol. The van der Waals surface area contributed by atoms with E-state index in [1.54, 1.807) is 0 Å². The summed E-state index contributed by atoms with van der Waals surface area (Å²) in [5.74, 6) is 4.68. The molecule has 2 fully saturated rings. The number of rotatable bonds is 8. The molecule has 6 aromatic carbocycles. The summed E-state index contributed by atoms with van der Waals surface area (Å²) in [5.41, 5.74) is 9.58. The molecule has 8 aromatic rings. The van der Waals surface area contributed by atoms with Crippen LogP contribution in [-0.4, -0.2) is 29.9 Å². The SMILES string of the molecule is c1ccc(-c2cccc(-c3nc(-c4ccccc4)nc(-c4ccc(-c5nc(-c6ccccc6)nc(-c6cccc(C78CCC(CC7)C8)c6)n5)cc4)n3)c2)cc1.